The summed E-state index contributed by atoms with van der Waals surface area (Å²) in [6, 6.07) is 1.43. The smallest absolute Gasteiger partial charge is 0.390 e. The van der Waals surface area contributed by atoms with Gasteiger partial charge in [-0.1, -0.05) is 0 Å². The molecule has 246 valence electrons. The van der Waals surface area contributed by atoms with E-state index in [1.165, 1.54) is 29.5 Å². The van der Waals surface area contributed by atoms with Gasteiger partial charge in [0.05, 0.1) is 31.7 Å². The van der Waals surface area contributed by atoms with E-state index in [0.29, 0.717) is 30.6 Å². The topological polar surface area (TPSA) is 301 Å². The minimum Gasteiger partial charge on any atom is -0.390 e. The van der Waals surface area contributed by atoms with Gasteiger partial charge in [-0.3, -0.25) is 23.2 Å². The number of imidazole rings is 1. The number of hydrogen-bond donors (Lipinski definition) is 7. The molecule has 21 heteroatoms. The van der Waals surface area contributed by atoms with E-state index in [0.717, 1.165) is 0 Å². The second-order valence-corrected chi connectivity index (χ2v) is 12.3. The maximum atomic E-state index is 13.8. The lowest BCUT2D eigenvalue weighted by Crippen LogP contribution is -2.31. The highest BCUT2D eigenvalue weighted by Crippen LogP contribution is 2.46. The number of anilines is 2. The molecule has 0 spiro atoms. The fourth-order valence-corrected chi connectivity index (χ4v) is 6.31. The van der Waals surface area contributed by atoms with Crippen molar-refractivity contribution in [3.05, 3.63) is 35.4 Å². The molecule has 2 aliphatic rings. The Bertz CT molecular complexity index is 1600. The molecular formula is C24H37N12O8P. The van der Waals surface area contributed by atoms with Crippen molar-refractivity contribution in [2.75, 3.05) is 37.8 Å². The Morgan fingerprint density at radius 2 is 1.71 bits per heavy atom. The standard InChI is InChI=1S/C24H37N12O8P/c25-17-3-6-35(24(39)34-17)18-7-13(37)15(43-18)9-41-45(40,33-5-2-1-4-29-23(27)28)42-10-16-14(38)8-19(44-16)36-12-32-20-21(26)30-11-31-22(20)36/h3,6,11-16,18-19,37-38H,1-2,4-5,7-10H2,(H,33,40)(H2,25,34,39)(H2,26,30,31)(H4,27,28,29). The number of nitrogens with two attached hydrogens (primary N) is 4. The van der Waals surface area contributed by atoms with Gasteiger partial charge in [0.1, 0.15) is 42.3 Å². The lowest BCUT2D eigenvalue weighted by atomic mass is 10.2. The number of aliphatic imine (C=N–C) groups is 1. The predicted molar refractivity (Wildman–Crippen MR) is 159 cm³/mol. The molecule has 0 amide bonds. The van der Waals surface area contributed by atoms with Crippen LogP contribution in [0.1, 0.15) is 38.1 Å². The minimum absolute atomic E-state index is 0.0289. The predicted octanol–water partition coefficient (Wildman–Crippen LogP) is -1.67. The number of rotatable bonds is 14. The van der Waals surface area contributed by atoms with Gasteiger partial charge in [-0.05, 0) is 18.9 Å². The molecule has 2 aliphatic heterocycles. The van der Waals surface area contributed by atoms with Crippen molar-refractivity contribution in [3.63, 3.8) is 0 Å². The molecule has 11 N–H and O–H groups in total. The van der Waals surface area contributed by atoms with E-state index in [4.69, 9.17) is 41.5 Å². The number of hydrogen-bond acceptors (Lipinski definition) is 15. The summed E-state index contributed by atoms with van der Waals surface area (Å²) >= 11 is 0. The van der Waals surface area contributed by atoms with Crippen LogP contribution in [0.4, 0.5) is 11.6 Å². The third kappa shape index (κ3) is 7.92. The van der Waals surface area contributed by atoms with Crippen molar-refractivity contribution in [3.8, 4) is 0 Å². The van der Waals surface area contributed by atoms with Gasteiger partial charge in [-0.25, -0.2) is 29.4 Å². The van der Waals surface area contributed by atoms with Gasteiger partial charge in [0.25, 0.3) is 0 Å². The SMILES string of the molecule is NC(N)=NCCCCNP(=O)(OCC1OC(n2ccc(N)nc2=O)CC1O)OCC1OC(n2cnc3c(N)ncnc32)CC1O. The third-order valence-electron chi connectivity index (χ3n) is 7.27. The number of nitrogen functional groups attached to an aromatic ring is 2. The Labute approximate surface area is 256 Å². The molecule has 5 heterocycles. The quantitative estimate of drug-likeness (QED) is 0.0443. The molecule has 3 aromatic rings. The summed E-state index contributed by atoms with van der Waals surface area (Å²) in [5.41, 5.74) is 22.3. The molecular weight excluding hydrogens is 615 g/mol. The van der Waals surface area contributed by atoms with E-state index < -0.39 is 50.3 Å². The summed E-state index contributed by atoms with van der Waals surface area (Å²) in [6.07, 6.45) is 0.215. The van der Waals surface area contributed by atoms with Gasteiger partial charge in [0, 0.05) is 32.1 Å². The lowest BCUT2D eigenvalue weighted by molar-refractivity contribution is -0.0526. The van der Waals surface area contributed by atoms with Crippen LogP contribution in [0.5, 0.6) is 0 Å². The number of aliphatic hydroxyl groups is 2. The molecule has 5 rings (SSSR count). The molecule has 0 aromatic carbocycles. The number of ether oxygens (including phenoxy) is 2. The second kappa shape index (κ2) is 14.1. The monoisotopic (exact) mass is 652 g/mol. The van der Waals surface area contributed by atoms with Gasteiger partial charge in [-0.2, -0.15) is 4.98 Å². The summed E-state index contributed by atoms with van der Waals surface area (Å²) < 4.78 is 39.9. The average molecular weight is 653 g/mol. The van der Waals surface area contributed by atoms with Gasteiger partial charge in [0.15, 0.2) is 17.4 Å². The highest BCUT2D eigenvalue weighted by Gasteiger charge is 2.40. The summed E-state index contributed by atoms with van der Waals surface area (Å²) in [4.78, 5) is 32.2. The molecule has 3 aromatic heterocycles. The van der Waals surface area contributed by atoms with Crippen molar-refractivity contribution >= 4 is 36.5 Å². The Balaban J connectivity index is 1.21. The van der Waals surface area contributed by atoms with Crippen molar-refractivity contribution in [2.45, 2.75) is 62.6 Å². The molecule has 7 unspecified atom stereocenters. The van der Waals surface area contributed by atoms with Crippen LogP contribution in [-0.4, -0.2) is 96.0 Å². The van der Waals surface area contributed by atoms with Crippen molar-refractivity contribution in [1.82, 2.24) is 34.2 Å². The highest BCUT2D eigenvalue weighted by molar-refractivity contribution is 7.51. The molecule has 0 saturated carbocycles. The number of nitrogens with zero attached hydrogens (tertiary/aromatic N) is 7. The minimum atomic E-state index is -4.05. The van der Waals surface area contributed by atoms with Crippen molar-refractivity contribution in [2.24, 2.45) is 16.5 Å². The number of nitrogens with one attached hydrogen (secondary N) is 1. The molecule has 45 heavy (non-hydrogen) atoms. The summed E-state index contributed by atoms with van der Waals surface area (Å²) in [7, 11) is -4.05. The van der Waals surface area contributed by atoms with Crippen LogP contribution in [0.2, 0.25) is 0 Å². The highest BCUT2D eigenvalue weighted by atomic mass is 31.2. The molecule has 20 nitrogen and oxygen atoms in total. The van der Waals surface area contributed by atoms with Crippen LogP contribution in [0.15, 0.2) is 34.7 Å². The first-order chi connectivity index (χ1) is 21.5. The summed E-state index contributed by atoms with van der Waals surface area (Å²) in [6.45, 7) is -0.0595. The van der Waals surface area contributed by atoms with Crippen molar-refractivity contribution in [1.29, 1.82) is 0 Å². The molecule has 0 bridgehead atoms. The third-order valence-corrected chi connectivity index (χ3v) is 8.86. The molecule has 2 fully saturated rings. The van der Waals surface area contributed by atoms with Gasteiger partial charge >= 0.3 is 13.4 Å². The first-order valence-electron chi connectivity index (χ1n) is 14.2. The Kier molecular flexibility index (Phi) is 10.2. The zero-order chi connectivity index (χ0) is 32.1. The van der Waals surface area contributed by atoms with Gasteiger partial charge in [-0.15, -0.1) is 0 Å². The Hall–Kier alpha value is -3.75. The molecule has 0 aliphatic carbocycles. The van der Waals surface area contributed by atoms with Crippen LogP contribution in [0, 0.1) is 0 Å². The number of fused-ring (bicyclic) bond motifs is 1. The van der Waals surface area contributed by atoms with Gasteiger partial charge in [0.2, 0.25) is 0 Å². The first kappa shape index (κ1) is 32.6. The van der Waals surface area contributed by atoms with E-state index in [2.05, 4.69) is 30.0 Å². The average Bonchev–Trinajstić information content (AvgIpc) is 3.69. The van der Waals surface area contributed by atoms with Crippen LogP contribution < -0.4 is 33.7 Å². The molecule has 2 saturated heterocycles. The number of aliphatic hydroxyl groups excluding tert-OH is 2. The summed E-state index contributed by atoms with van der Waals surface area (Å²) in [5.74, 6) is 0.232. The maximum absolute atomic E-state index is 13.8. The van der Waals surface area contributed by atoms with Crippen LogP contribution in [0.3, 0.4) is 0 Å². The Morgan fingerprint density at radius 3 is 2.36 bits per heavy atom. The fourth-order valence-electron chi connectivity index (χ4n) is 4.93. The molecule has 7 atom stereocenters. The summed E-state index contributed by atoms with van der Waals surface area (Å²) in [5, 5.41) is 24.1. The van der Waals surface area contributed by atoms with E-state index >= 15 is 0 Å². The number of aromatic nitrogens is 6. The van der Waals surface area contributed by atoms with Gasteiger partial charge < -0.3 is 42.6 Å². The van der Waals surface area contributed by atoms with E-state index in [1.807, 2.05) is 0 Å². The van der Waals surface area contributed by atoms with E-state index in [9.17, 15) is 19.6 Å². The van der Waals surface area contributed by atoms with Crippen LogP contribution in [-0.2, 0) is 23.1 Å². The Morgan fingerprint density at radius 1 is 1.04 bits per heavy atom. The molecule has 0 radical (unpaired) electrons. The lowest BCUT2D eigenvalue weighted by Gasteiger charge is -2.24. The zero-order valence-corrected chi connectivity index (χ0v) is 25.1. The van der Waals surface area contributed by atoms with Crippen LogP contribution >= 0.6 is 7.75 Å². The van der Waals surface area contributed by atoms with Crippen LogP contribution in [0.25, 0.3) is 11.2 Å². The van der Waals surface area contributed by atoms with Crippen molar-refractivity contribution < 1.29 is 33.3 Å². The number of guanidine groups is 1. The van der Waals surface area contributed by atoms with E-state index in [1.54, 1.807) is 4.57 Å². The largest absolute Gasteiger partial charge is 0.405 e. The fraction of sp³-hybridized carbons (Fsp3) is 0.583. The second-order valence-electron chi connectivity index (χ2n) is 10.5. The zero-order valence-electron chi connectivity index (χ0n) is 24.2. The first-order valence-corrected chi connectivity index (χ1v) is 15.7. The number of unbranched alkanes of at least 4 members (excludes halogenated alkanes) is 1. The van der Waals surface area contributed by atoms with E-state index in [-0.39, 0.29) is 50.2 Å². The normalized spacial score (nSPS) is 26.3. The maximum Gasteiger partial charge on any atom is 0.405 e.